The molecule has 0 aromatic heterocycles. The summed E-state index contributed by atoms with van der Waals surface area (Å²) in [5, 5.41) is 9.73. The summed E-state index contributed by atoms with van der Waals surface area (Å²) < 4.78 is 0. The van der Waals surface area contributed by atoms with Crippen LogP contribution in [0.5, 0.6) is 0 Å². The predicted molar refractivity (Wildman–Crippen MR) is 52.3 cm³/mol. The van der Waals surface area contributed by atoms with Crippen molar-refractivity contribution in [2.24, 2.45) is 23.7 Å². The molecule has 0 spiro atoms. The molecule has 0 saturated heterocycles. The van der Waals surface area contributed by atoms with E-state index in [-0.39, 0.29) is 17.6 Å². The monoisotopic (exact) mass is 184 g/mol. The van der Waals surface area contributed by atoms with Crippen LogP contribution in [0.1, 0.15) is 34.1 Å². The van der Waals surface area contributed by atoms with E-state index in [1.54, 1.807) is 0 Å². The van der Waals surface area contributed by atoms with E-state index in [0.717, 1.165) is 0 Å². The molecule has 2 nitrogen and oxygen atoms in total. The van der Waals surface area contributed by atoms with Gasteiger partial charge in [0.05, 0.1) is 6.10 Å². The topological polar surface area (TPSA) is 37.3 Å². The minimum atomic E-state index is -0.403. The number of Topliss-reactive ketones (excluding diaryl/α,β-unsaturated/α-hetero) is 1. The first-order valence-electron chi connectivity index (χ1n) is 5.16. The summed E-state index contributed by atoms with van der Waals surface area (Å²) in [6, 6.07) is 0. The Labute approximate surface area is 80.3 Å². The Morgan fingerprint density at radius 2 is 1.77 bits per heavy atom. The third-order valence-corrected chi connectivity index (χ3v) is 3.13. The molecule has 0 unspecified atom stereocenters. The molecular formula is C11H20O2. The zero-order chi connectivity index (χ0) is 10.2. The third kappa shape index (κ3) is 1.93. The predicted octanol–water partition coefficient (Wildman–Crippen LogP) is 1.86. The Kier molecular flexibility index (Phi) is 3.12. The fraction of sp³-hybridized carbons (Fsp3) is 0.909. The molecule has 0 aromatic carbocycles. The molecule has 76 valence electrons. The maximum atomic E-state index is 11.6. The summed E-state index contributed by atoms with van der Waals surface area (Å²) in [7, 11) is 0. The average Bonchev–Trinajstić information content (AvgIpc) is 2.24. The van der Waals surface area contributed by atoms with Crippen LogP contribution in [0.25, 0.3) is 0 Å². The summed E-state index contributed by atoms with van der Waals surface area (Å²) in [6.45, 7) is 8.30. The number of ketones is 1. The Bertz CT molecular complexity index is 196. The molecule has 1 aliphatic rings. The van der Waals surface area contributed by atoms with E-state index < -0.39 is 6.10 Å². The van der Waals surface area contributed by atoms with Gasteiger partial charge in [-0.15, -0.1) is 0 Å². The van der Waals surface area contributed by atoms with Gasteiger partial charge in [-0.2, -0.15) is 0 Å². The second-order valence-electron chi connectivity index (χ2n) is 4.83. The minimum Gasteiger partial charge on any atom is -0.392 e. The number of rotatable bonds is 2. The van der Waals surface area contributed by atoms with E-state index in [1.165, 1.54) is 0 Å². The largest absolute Gasteiger partial charge is 0.392 e. The van der Waals surface area contributed by atoms with Gasteiger partial charge in [0.25, 0.3) is 0 Å². The van der Waals surface area contributed by atoms with Crippen LogP contribution in [0.15, 0.2) is 0 Å². The van der Waals surface area contributed by atoms with Crippen LogP contribution in [0.2, 0.25) is 0 Å². The van der Waals surface area contributed by atoms with Crippen molar-refractivity contribution in [3.8, 4) is 0 Å². The second-order valence-corrected chi connectivity index (χ2v) is 4.83. The summed E-state index contributed by atoms with van der Waals surface area (Å²) in [5.74, 6) is 1.26. The molecular weight excluding hydrogens is 164 g/mol. The Morgan fingerprint density at radius 3 is 2.08 bits per heavy atom. The number of carbonyl (C=O) groups is 1. The SMILES string of the molecule is CC(C)[C@@H]1[C@@H](C(C)C)C(=O)C[C@@H]1O. The van der Waals surface area contributed by atoms with Gasteiger partial charge >= 0.3 is 0 Å². The van der Waals surface area contributed by atoms with E-state index in [1.807, 2.05) is 0 Å². The van der Waals surface area contributed by atoms with E-state index in [4.69, 9.17) is 0 Å². The molecule has 1 aliphatic carbocycles. The van der Waals surface area contributed by atoms with Gasteiger partial charge in [-0.05, 0) is 17.8 Å². The normalized spacial score (nSPS) is 35.0. The van der Waals surface area contributed by atoms with E-state index in [0.29, 0.717) is 18.3 Å². The van der Waals surface area contributed by atoms with Gasteiger partial charge in [0, 0.05) is 12.3 Å². The highest BCUT2D eigenvalue weighted by Crippen LogP contribution is 2.38. The smallest absolute Gasteiger partial charge is 0.139 e. The summed E-state index contributed by atoms with van der Waals surface area (Å²) >= 11 is 0. The average molecular weight is 184 g/mol. The van der Waals surface area contributed by atoms with Crippen LogP contribution in [-0.2, 0) is 4.79 Å². The molecule has 0 aromatic rings. The lowest BCUT2D eigenvalue weighted by atomic mass is 9.78. The van der Waals surface area contributed by atoms with Gasteiger partial charge in [0.2, 0.25) is 0 Å². The fourth-order valence-electron chi connectivity index (χ4n) is 2.61. The fourth-order valence-corrected chi connectivity index (χ4v) is 2.61. The Balaban J connectivity index is 2.83. The van der Waals surface area contributed by atoms with Gasteiger partial charge in [0.1, 0.15) is 5.78 Å². The van der Waals surface area contributed by atoms with Crippen LogP contribution in [0, 0.1) is 23.7 Å². The second kappa shape index (κ2) is 3.79. The Hall–Kier alpha value is -0.370. The molecule has 0 radical (unpaired) electrons. The van der Waals surface area contributed by atoms with Crippen molar-refractivity contribution < 1.29 is 9.90 Å². The van der Waals surface area contributed by atoms with Crippen LogP contribution in [0.3, 0.4) is 0 Å². The number of carbonyl (C=O) groups excluding carboxylic acids is 1. The van der Waals surface area contributed by atoms with Gasteiger partial charge in [-0.1, -0.05) is 27.7 Å². The molecule has 0 bridgehead atoms. The quantitative estimate of drug-likeness (QED) is 0.711. The van der Waals surface area contributed by atoms with Crippen LogP contribution >= 0.6 is 0 Å². The van der Waals surface area contributed by atoms with Gasteiger partial charge in [0.15, 0.2) is 0 Å². The first-order chi connectivity index (χ1) is 5.95. The summed E-state index contributed by atoms with van der Waals surface area (Å²) in [6.07, 6.45) is -0.0361. The third-order valence-electron chi connectivity index (χ3n) is 3.13. The van der Waals surface area contributed by atoms with Crippen molar-refractivity contribution >= 4 is 5.78 Å². The maximum Gasteiger partial charge on any atom is 0.139 e. The lowest BCUT2D eigenvalue weighted by Gasteiger charge is -2.26. The lowest BCUT2D eigenvalue weighted by Crippen LogP contribution is -2.29. The van der Waals surface area contributed by atoms with Gasteiger partial charge in [-0.3, -0.25) is 4.79 Å². The van der Waals surface area contributed by atoms with Crippen LogP contribution in [0.4, 0.5) is 0 Å². The maximum absolute atomic E-state index is 11.6. The van der Waals surface area contributed by atoms with Crippen molar-refractivity contribution in [1.29, 1.82) is 0 Å². The molecule has 0 heterocycles. The minimum absolute atomic E-state index is 0.0787. The van der Waals surface area contributed by atoms with E-state index in [9.17, 15) is 9.90 Å². The van der Waals surface area contributed by atoms with E-state index >= 15 is 0 Å². The van der Waals surface area contributed by atoms with Crippen molar-refractivity contribution in [2.45, 2.75) is 40.2 Å². The zero-order valence-electron chi connectivity index (χ0n) is 8.95. The highest BCUT2D eigenvalue weighted by atomic mass is 16.3. The van der Waals surface area contributed by atoms with Crippen molar-refractivity contribution in [1.82, 2.24) is 0 Å². The summed E-state index contributed by atoms with van der Waals surface area (Å²) in [4.78, 5) is 11.6. The highest BCUT2D eigenvalue weighted by Gasteiger charge is 2.44. The van der Waals surface area contributed by atoms with Gasteiger partial charge < -0.3 is 5.11 Å². The molecule has 1 saturated carbocycles. The molecule has 0 amide bonds. The first kappa shape index (κ1) is 10.7. The van der Waals surface area contributed by atoms with E-state index in [2.05, 4.69) is 27.7 Å². The summed E-state index contributed by atoms with van der Waals surface area (Å²) in [5.41, 5.74) is 0. The molecule has 13 heavy (non-hydrogen) atoms. The van der Waals surface area contributed by atoms with Crippen molar-refractivity contribution in [2.75, 3.05) is 0 Å². The first-order valence-corrected chi connectivity index (χ1v) is 5.16. The standard InChI is InChI=1S/C11H20O2/c1-6(2)10-8(12)5-9(13)11(10)7(3)4/h6-8,10-12H,5H2,1-4H3/t8-,10-,11-/m0/s1. The number of hydrogen-bond donors (Lipinski definition) is 1. The lowest BCUT2D eigenvalue weighted by molar-refractivity contribution is -0.122. The highest BCUT2D eigenvalue weighted by molar-refractivity contribution is 5.84. The van der Waals surface area contributed by atoms with Crippen molar-refractivity contribution in [3.05, 3.63) is 0 Å². The molecule has 1 rings (SSSR count). The Morgan fingerprint density at radius 1 is 1.23 bits per heavy atom. The van der Waals surface area contributed by atoms with Crippen molar-refractivity contribution in [3.63, 3.8) is 0 Å². The molecule has 0 aliphatic heterocycles. The van der Waals surface area contributed by atoms with Crippen LogP contribution < -0.4 is 0 Å². The molecule has 1 fully saturated rings. The molecule has 1 N–H and O–H groups in total. The molecule has 2 heteroatoms. The zero-order valence-corrected chi connectivity index (χ0v) is 8.95. The van der Waals surface area contributed by atoms with Crippen LogP contribution in [-0.4, -0.2) is 17.0 Å². The molecule has 3 atom stereocenters. The van der Waals surface area contributed by atoms with Gasteiger partial charge in [-0.25, -0.2) is 0 Å². The number of aliphatic hydroxyl groups excluding tert-OH is 1. The number of aliphatic hydroxyl groups is 1. The number of hydrogen-bond acceptors (Lipinski definition) is 2.